The van der Waals surface area contributed by atoms with Crippen molar-refractivity contribution in [2.45, 2.75) is 0 Å². The molecule has 0 spiro atoms. The molecule has 4 nitrogen and oxygen atoms in total. The van der Waals surface area contributed by atoms with E-state index in [0.717, 1.165) is 0 Å². The van der Waals surface area contributed by atoms with E-state index in [-0.39, 0.29) is 5.69 Å². The van der Waals surface area contributed by atoms with E-state index in [4.69, 9.17) is 21.1 Å². The number of carbonyl (C=O) groups is 1. The van der Waals surface area contributed by atoms with Crippen molar-refractivity contribution in [2.75, 3.05) is 19.5 Å². The maximum atomic E-state index is 13.6. The van der Waals surface area contributed by atoms with E-state index in [0.29, 0.717) is 22.1 Å². The van der Waals surface area contributed by atoms with E-state index < -0.39 is 11.7 Å². The summed E-state index contributed by atoms with van der Waals surface area (Å²) in [5.74, 6) is 0.168. The van der Waals surface area contributed by atoms with Crippen molar-refractivity contribution in [2.24, 2.45) is 0 Å². The summed E-state index contributed by atoms with van der Waals surface area (Å²) < 4.78 is 23.9. The Morgan fingerprint density at radius 2 is 1.96 bits per heavy atom. The Morgan fingerprint density at radius 1 is 1.17 bits per heavy atom. The molecular weight excluding hydrogens is 321 g/mol. The standard InChI is InChI=1S/C17H15ClFNO3/c1-22-13-5-7-16(23-2)11(9-13)3-8-17(21)20-15-10-12(18)4-6-14(15)19/h3-10H,1-2H3,(H,20,21)/b8-3+. The van der Waals surface area contributed by atoms with Crippen LogP contribution in [0.1, 0.15) is 5.56 Å². The fourth-order valence-corrected chi connectivity index (χ4v) is 2.07. The van der Waals surface area contributed by atoms with Gasteiger partial charge in [0.25, 0.3) is 0 Å². The fourth-order valence-electron chi connectivity index (χ4n) is 1.90. The van der Waals surface area contributed by atoms with E-state index >= 15 is 0 Å². The maximum absolute atomic E-state index is 13.6. The third kappa shape index (κ3) is 4.47. The van der Waals surface area contributed by atoms with Crippen molar-refractivity contribution >= 4 is 29.3 Å². The van der Waals surface area contributed by atoms with Crippen LogP contribution >= 0.6 is 11.6 Å². The molecule has 1 N–H and O–H groups in total. The van der Waals surface area contributed by atoms with E-state index in [1.165, 1.54) is 31.4 Å². The Labute approximate surface area is 138 Å². The van der Waals surface area contributed by atoms with Gasteiger partial charge in [-0.1, -0.05) is 11.6 Å². The maximum Gasteiger partial charge on any atom is 0.248 e. The number of methoxy groups -OCH3 is 2. The summed E-state index contributed by atoms with van der Waals surface area (Å²) in [5, 5.41) is 2.76. The second-order valence-electron chi connectivity index (χ2n) is 4.55. The highest BCUT2D eigenvalue weighted by Gasteiger charge is 2.06. The van der Waals surface area contributed by atoms with Crippen LogP contribution < -0.4 is 14.8 Å². The molecule has 0 saturated heterocycles. The van der Waals surface area contributed by atoms with Crippen molar-refractivity contribution in [1.29, 1.82) is 0 Å². The number of amides is 1. The van der Waals surface area contributed by atoms with Crippen LogP contribution in [0.3, 0.4) is 0 Å². The van der Waals surface area contributed by atoms with Crippen LogP contribution in [0.4, 0.5) is 10.1 Å². The molecule has 0 fully saturated rings. The molecule has 0 radical (unpaired) electrons. The molecular formula is C17H15ClFNO3. The summed E-state index contributed by atoms with van der Waals surface area (Å²) in [6, 6.07) is 9.14. The van der Waals surface area contributed by atoms with Crippen LogP contribution in [0.15, 0.2) is 42.5 Å². The summed E-state index contributed by atoms with van der Waals surface area (Å²) in [7, 11) is 3.07. The van der Waals surface area contributed by atoms with E-state index in [9.17, 15) is 9.18 Å². The van der Waals surface area contributed by atoms with Gasteiger partial charge in [-0.05, 0) is 42.5 Å². The minimum absolute atomic E-state index is 0.0183. The Balaban J connectivity index is 2.16. The quantitative estimate of drug-likeness (QED) is 0.835. The highest BCUT2D eigenvalue weighted by Crippen LogP contribution is 2.25. The van der Waals surface area contributed by atoms with Gasteiger partial charge in [0.05, 0.1) is 19.9 Å². The Morgan fingerprint density at radius 3 is 2.65 bits per heavy atom. The number of carbonyl (C=O) groups excluding carboxylic acids is 1. The molecule has 0 saturated carbocycles. The highest BCUT2D eigenvalue weighted by molar-refractivity contribution is 6.30. The molecule has 2 aromatic carbocycles. The van der Waals surface area contributed by atoms with Gasteiger partial charge in [-0.3, -0.25) is 4.79 Å². The normalized spacial score (nSPS) is 10.6. The minimum atomic E-state index is -0.560. The second-order valence-corrected chi connectivity index (χ2v) is 4.99. The molecule has 0 unspecified atom stereocenters. The van der Waals surface area contributed by atoms with Gasteiger partial charge >= 0.3 is 0 Å². The van der Waals surface area contributed by atoms with Crippen LogP contribution in [0.25, 0.3) is 6.08 Å². The third-order valence-electron chi connectivity index (χ3n) is 3.04. The lowest BCUT2D eigenvalue weighted by Gasteiger charge is -2.07. The zero-order valence-electron chi connectivity index (χ0n) is 12.6. The van der Waals surface area contributed by atoms with E-state index in [1.807, 2.05) is 0 Å². The molecule has 0 aliphatic rings. The van der Waals surface area contributed by atoms with Crippen molar-refractivity contribution < 1.29 is 18.7 Å². The number of rotatable bonds is 5. The van der Waals surface area contributed by atoms with Crippen molar-refractivity contribution in [3.8, 4) is 11.5 Å². The molecule has 1 amide bonds. The van der Waals surface area contributed by atoms with Gasteiger partial charge < -0.3 is 14.8 Å². The van der Waals surface area contributed by atoms with Crippen molar-refractivity contribution in [1.82, 2.24) is 0 Å². The largest absolute Gasteiger partial charge is 0.497 e. The van der Waals surface area contributed by atoms with Gasteiger partial charge in [-0.15, -0.1) is 0 Å². The van der Waals surface area contributed by atoms with Gasteiger partial charge in [0.2, 0.25) is 5.91 Å². The Bertz CT molecular complexity index is 747. The first-order chi connectivity index (χ1) is 11.0. The minimum Gasteiger partial charge on any atom is -0.497 e. The summed E-state index contributed by atoms with van der Waals surface area (Å²) in [6.07, 6.45) is 2.83. The zero-order chi connectivity index (χ0) is 16.8. The average molecular weight is 336 g/mol. The molecule has 0 aromatic heterocycles. The monoisotopic (exact) mass is 335 g/mol. The van der Waals surface area contributed by atoms with E-state index in [2.05, 4.69) is 5.32 Å². The molecule has 0 aliphatic carbocycles. The smallest absolute Gasteiger partial charge is 0.248 e. The molecule has 0 aliphatic heterocycles. The van der Waals surface area contributed by atoms with Gasteiger partial charge in [0.1, 0.15) is 17.3 Å². The third-order valence-corrected chi connectivity index (χ3v) is 3.27. The number of anilines is 1. The number of benzene rings is 2. The van der Waals surface area contributed by atoms with Crippen molar-refractivity contribution in [3.63, 3.8) is 0 Å². The lowest BCUT2D eigenvalue weighted by atomic mass is 10.1. The molecule has 0 bridgehead atoms. The number of halogens is 2. The number of nitrogens with one attached hydrogen (secondary N) is 1. The van der Waals surface area contributed by atoms with Crippen LogP contribution in [0.2, 0.25) is 5.02 Å². The summed E-state index contributed by atoms with van der Waals surface area (Å²) in [6.45, 7) is 0. The predicted octanol–water partition coefficient (Wildman–Crippen LogP) is 4.15. The molecule has 23 heavy (non-hydrogen) atoms. The first-order valence-corrected chi connectivity index (χ1v) is 7.07. The Kier molecular flexibility index (Phi) is 5.60. The second kappa shape index (κ2) is 7.65. The first kappa shape index (κ1) is 16.8. The van der Waals surface area contributed by atoms with Crippen LogP contribution in [0, 0.1) is 5.82 Å². The number of hydrogen-bond acceptors (Lipinski definition) is 3. The first-order valence-electron chi connectivity index (χ1n) is 6.69. The highest BCUT2D eigenvalue weighted by atomic mass is 35.5. The predicted molar refractivity (Wildman–Crippen MR) is 88.6 cm³/mol. The number of ether oxygens (including phenoxy) is 2. The average Bonchev–Trinajstić information content (AvgIpc) is 2.56. The summed E-state index contributed by atoms with van der Waals surface area (Å²) >= 11 is 5.78. The van der Waals surface area contributed by atoms with Crippen LogP contribution in [-0.2, 0) is 4.79 Å². The lowest BCUT2D eigenvalue weighted by Crippen LogP contribution is -2.09. The van der Waals surface area contributed by atoms with E-state index in [1.54, 1.807) is 31.4 Å². The summed E-state index contributed by atoms with van der Waals surface area (Å²) in [5.41, 5.74) is 0.679. The Hall–Kier alpha value is -2.53. The fraction of sp³-hybridized carbons (Fsp3) is 0.118. The molecule has 120 valence electrons. The summed E-state index contributed by atoms with van der Waals surface area (Å²) in [4.78, 5) is 11.9. The van der Waals surface area contributed by atoms with Gasteiger partial charge in [-0.25, -0.2) is 4.39 Å². The molecule has 2 aromatic rings. The van der Waals surface area contributed by atoms with Gasteiger partial charge in [-0.2, -0.15) is 0 Å². The SMILES string of the molecule is COc1ccc(OC)c(/C=C/C(=O)Nc2cc(Cl)ccc2F)c1. The van der Waals surface area contributed by atoms with Gasteiger partial charge in [0.15, 0.2) is 0 Å². The molecule has 0 heterocycles. The van der Waals surface area contributed by atoms with Gasteiger partial charge in [0, 0.05) is 16.7 Å². The lowest BCUT2D eigenvalue weighted by molar-refractivity contribution is -0.111. The van der Waals surface area contributed by atoms with Crippen molar-refractivity contribution in [3.05, 3.63) is 58.9 Å². The molecule has 0 atom stereocenters. The van der Waals surface area contributed by atoms with Crippen LogP contribution in [-0.4, -0.2) is 20.1 Å². The zero-order valence-corrected chi connectivity index (χ0v) is 13.4. The topological polar surface area (TPSA) is 47.6 Å². The number of hydrogen-bond donors (Lipinski definition) is 1. The molecule has 6 heteroatoms. The van der Waals surface area contributed by atoms with Crippen LogP contribution in [0.5, 0.6) is 11.5 Å². The molecule has 2 rings (SSSR count).